The molecule has 0 N–H and O–H groups in total. The van der Waals surface area contributed by atoms with Crippen LogP contribution in [0.5, 0.6) is 0 Å². The molecule has 0 aromatic carbocycles. The average Bonchev–Trinajstić information content (AvgIpc) is 2.61. The largest absolute Gasteiger partial charge is 0.380 e. The SMILES string of the molecule is CC.CCOCCN1CCCC1. The number of likely N-dealkylation sites (tertiary alicyclic amines) is 1. The van der Waals surface area contributed by atoms with Crippen LogP contribution in [0.15, 0.2) is 0 Å². The van der Waals surface area contributed by atoms with Crippen molar-refractivity contribution in [1.82, 2.24) is 4.90 Å². The molecule has 0 aromatic rings. The molecule has 1 heterocycles. The van der Waals surface area contributed by atoms with E-state index in [2.05, 4.69) is 4.90 Å². The monoisotopic (exact) mass is 173 g/mol. The van der Waals surface area contributed by atoms with Gasteiger partial charge in [0, 0.05) is 13.2 Å². The normalized spacial score (nSPS) is 17.2. The summed E-state index contributed by atoms with van der Waals surface area (Å²) in [5, 5.41) is 0. The number of ether oxygens (including phenoxy) is 1. The quantitative estimate of drug-likeness (QED) is 0.604. The minimum atomic E-state index is 0.855. The van der Waals surface area contributed by atoms with Crippen LogP contribution in [0.25, 0.3) is 0 Å². The van der Waals surface area contributed by atoms with E-state index in [9.17, 15) is 0 Å². The highest BCUT2D eigenvalue weighted by molar-refractivity contribution is 4.64. The van der Waals surface area contributed by atoms with E-state index in [0.717, 1.165) is 19.8 Å². The van der Waals surface area contributed by atoms with Crippen molar-refractivity contribution in [2.24, 2.45) is 0 Å². The van der Waals surface area contributed by atoms with E-state index in [-0.39, 0.29) is 0 Å². The first kappa shape index (κ1) is 11.9. The highest BCUT2D eigenvalue weighted by Gasteiger charge is 2.09. The minimum Gasteiger partial charge on any atom is -0.380 e. The number of hydrogen-bond acceptors (Lipinski definition) is 2. The maximum absolute atomic E-state index is 5.25. The van der Waals surface area contributed by atoms with Crippen LogP contribution in [-0.4, -0.2) is 37.7 Å². The Kier molecular flexibility index (Phi) is 8.95. The van der Waals surface area contributed by atoms with E-state index in [1.807, 2.05) is 20.8 Å². The van der Waals surface area contributed by atoms with Crippen LogP contribution >= 0.6 is 0 Å². The van der Waals surface area contributed by atoms with Crippen LogP contribution in [0.4, 0.5) is 0 Å². The Morgan fingerprint density at radius 1 is 1.17 bits per heavy atom. The first-order valence-electron chi connectivity index (χ1n) is 5.23. The van der Waals surface area contributed by atoms with Gasteiger partial charge < -0.3 is 9.64 Å². The third-order valence-corrected chi connectivity index (χ3v) is 1.95. The van der Waals surface area contributed by atoms with Crippen LogP contribution in [0.3, 0.4) is 0 Å². The van der Waals surface area contributed by atoms with Crippen LogP contribution in [0.1, 0.15) is 33.6 Å². The van der Waals surface area contributed by atoms with Crippen molar-refractivity contribution in [2.45, 2.75) is 33.6 Å². The van der Waals surface area contributed by atoms with Crippen molar-refractivity contribution < 1.29 is 4.74 Å². The van der Waals surface area contributed by atoms with Crippen molar-refractivity contribution in [1.29, 1.82) is 0 Å². The highest BCUT2D eigenvalue weighted by atomic mass is 16.5. The summed E-state index contributed by atoms with van der Waals surface area (Å²) in [6.45, 7) is 11.5. The van der Waals surface area contributed by atoms with E-state index in [4.69, 9.17) is 4.74 Å². The summed E-state index contributed by atoms with van der Waals surface area (Å²) in [6, 6.07) is 0. The van der Waals surface area contributed by atoms with Gasteiger partial charge in [0.25, 0.3) is 0 Å². The summed E-state index contributed by atoms with van der Waals surface area (Å²) in [6.07, 6.45) is 2.76. The second kappa shape index (κ2) is 9.01. The summed E-state index contributed by atoms with van der Waals surface area (Å²) in [7, 11) is 0. The molecule has 2 nitrogen and oxygen atoms in total. The smallest absolute Gasteiger partial charge is 0.0593 e. The van der Waals surface area contributed by atoms with E-state index in [0.29, 0.717) is 0 Å². The van der Waals surface area contributed by atoms with Gasteiger partial charge >= 0.3 is 0 Å². The van der Waals surface area contributed by atoms with Gasteiger partial charge in [-0.2, -0.15) is 0 Å². The van der Waals surface area contributed by atoms with Gasteiger partial charge in [0.1, 0.15) is 0 Å². The van der Waals surface area contributed by atoms with Gasteiger partial charge in [-0.3, -0.25) is 0 Å². The molecule has 0 aliphatic carbocycles. The van der Waals surface area contributed by atoms with Crippen LogP contribution in [0.2, 0.25) is 0 Å². The maximum Gasteiger partial charge on any atom is 0.0593 e. The number of rotatable bonds is 4. The Morgan fingerprint density at radius 3 is 2.25 bits per heavy atom. The third kappa shape index (κ3) is 5.56. The molecule has 2 heteroatoms. The molecule has 74 valence electrons. The Balaban J connectivity index is 0.000000561. The predicted molar refractivity (Wildman–Crippen MR) is 53.5 cm³/mol. The van der Waals surface area contributed by atoms with E-state index in [1.54, 1.807) is 0 Å². The summed E-state index contributed by atoms with van der Waals surface area (Å²) in [5.41, 5.74) is 0. The first-order chi connectivity index (χ1) is 5.93. The van der Waals surface area contributed by atoms with Gasteiger partial charge in [0.05, 0.1) is 6.61 Å². The molecule has 1 aliphatic heterocycles. The lowest BCUT2D eigenvalue weighted by Gasteiger charge is -2.13. The highest BCUT2D eigenvalue weighted by Crippen LogP contribution is 2.05. The summed E-state index contributed by atoms with van der Waals surface area (Å²) in [4.78, 5) is 2.47. The Labute approximate surface area is 76.9 Å². The maximum atomic E-state index is 5.25. The van der Waals surface area contributed by atoms with Gasteiger partial charge in [0.2, 0.25) is 0 Å². The zero-order valence-electron chi connectivity index (χ0n) is 8.81. The molecular weight excluding hydrogens is 150 g/mol. The first-order valence-corrected chi connectivity index (χ1v) is 5.23. The molecule has 1 fully saturated rings. The second-order valence-electron chi connectivity index (χ2n) is 2.75. The molecule has 12 heavy (non-hydrogen) atoms. The van der Waals surface area contributed by atoms with Crippen molar-refractivity contribution in [3.8, 4) is 0 Å². The van der Waals surface area contributed by atoms with Crippen LogP contribution in [0, 0.1) is 0 Å². The van der Waals surface area contributed by atoms with Gasteiger partial charge in [-0.15, -0.1) is 0 Å². The molecule has 0 spiro atoms. The molecule has 1 rings (SSSR count). The number of nitrogens with zero attached hydrogens (tertiary/aromatic N) is 1. The molecule has 1 aliphatic rings. The second-order valence-corrected chi connectivity index (χ2v) is 2.75. The average molecular weight is 173 g/mol. The predicted octanol–water partition coefficient (Wildman–Crippen LogP) is 2.14. The van der Waals surface area contributed by atoms with Gasteiger partial charge in [-0.05, 0) is 32.9 Å². The molecule has 0 unspecified atom stereocenters. The fourth-order valence-corrected chi connectivity index (χ4v) is 1.34. The van der Waals surface area contributed by atoms with Crippen molar-refractivity contribution >= 4 is 0 Å². The van der Waals surface area contributed by atoms with E-state index < -0.39 is 0 Å². The zero-order chi connectivity index (χ0) is 9.23. The molecule has 0 amide bonds. The van der Waals surface area contributed by atoms with Gasteiger partial charge in [0.15, 0.2) is 0 Å². The summed E-state index contributed by atoms with van der Waals surface area (Å²) < 4.78 is 5.25. The molecule has 0 radical (unpaired) electrons. The minimum absolute atomic E-state index is 0.855. The van der Waals surface area contributed by atoms with Gasteiger partial charge in [-0.1, -0.05) is 13.8 Å². The van der Waals surface area contributed by atoms with Crippen molar-refractivity contribution in [2.75, 3.05) is 32.8 Å². The molecule has 0 saturated carbocycles. The van der Waals surface area contributed by atoms with Gasteiger partial charge in [-0.25, -0.2) is 0 Å². The van der Waals surface area contributed by atoms with Crippen LogP contribution in [-0.2, 0) is 4.74 Å². The topological polar surface area (TPSA) is 12.5 Å². The molecular formula is C10H23NO. The standard InChI is InChI=1S/C8H17NO.C2H6/c1-2-10-8-7-9-5-3-4-6-9;1-2/h2-8H2,1H3;1-2H3. The Morgan fingerprint density at radius 2 is 1.75 bits per heavy atom. The lowest BCUT2D eigenvalue weighted by atomic mass is 10.4. The lowest BCUT2D eigenvalue weighted by Crippen LogP contribution is -2.23. The molecule has 0 atom stereocenters. The zero-order valence-corrected chi connectivity index (χ0v) is 8.81. The summed E-state index contributed by atoms with van der Waals surface area (Å²) >= 11 is 0. The number of hydrogen-bond donors (Lipinski definition) is 0. The fourth-order valence-electron chi connectivity index (χ4n) is 1.34. The molecule has 0 bridgehead atoms. The lowest BCUT2D eigenvalue weighted by molar-refractivity contribution is 0.122. The molecule has 0 aromatic heterocycles. The third-order valence-electron chi connectivity index (χ3n) is 1.95. The Bertz CT molecular complexity index is 79.9. The van der Waals surface area contributed by atoms with E-state index >= 15 is 0 Å². The Hall–Kier alpha value is -0.0800. The van der Waals surface area contributed by atoms with Crippen molar-refractivity contribution in [3.63, 3.8) is 0 Å². The van der Waals surface area contributed by atoms with Crippen molar-refractivity contribution in [3.05, 3.63) is 0 Å². The fraction of sp³-hybridized carbons (Fsp3) is 1.00. The van der Waals surface area contributed by atoms with Crippen LogP contribution < -0.4 is 0 Å². The summed E-state index contributed by atoms with van der Waals surface area (Å²) in [5.74, 6) is 0. The molecule has 1 saturated heterocycles. The van der Waals surface area contributed by atoms with E-state index in [1.165, 1.54) is 25.9 Å².